The van der Waals surface area contributed by atoms with E-state index >= 15 is 0 Å². The van der Waals surface area contributed by atoms with Crippen LogP contribution in [0.25, 0.3) is 0 Å². The molecule has 0 radical (unpaired) electrons. The first-order valence-electron chi connectivity index (χ1n) is 9.40. The molecule has 0 saturated carbocycles. The minimum Gasteiger partial charge on any atom is -0.496 e. The van der Waals surface area contributed by atoms with Gasteiger partial charge in [-0.1, -0.05) is 18.2 Å². The molecule has 3 aromatic rings. The number of nitrogens with one attached hydrogen (secondary N) is 1. The van der Waals surface area contributed by atoms with Crippen LogP contribution in [0.1, 0.15) is 5.56 Å². The molecular formula is C22H23N3O6. The Balaban J connectivity index is 1.75. The predicted octanol–water partition coefficient (Wildman–Crippen LogP) is 1.72. The summed E-state index contributed by atoms with van der Waals surface area (Å²) in [6.07, 6.45) is 2.88. The topological polar surface area (TPSA) is 101 Å². The van der Waals surface area contributed by atoms with Gasteiger partial charge in [-0.05, 0) is 18.2 Å². The summed E-state index contributed by atoms with van der Waals surface area (Å²) in [5, 5.41) is 2.67. The number of carbonyl (C=O) groups is 1. The SMILES string of the molecule is COc1ccccc1Cn1ccn(CC(=O)Nc2ccc(OC)c(OC)c2)c(=O)c1=O. The van der Waals surface area contributed by atoms with Crippen LogP contribution in [0.5, 0.6) is 17.2 Å². The molecule has 162 valence electrons. The Hall–Kier alpha value is -4.01. The number of hydrogen-bond acceptors (Lipinski definition) is 6. The van der Waals surface area contributed by atoms with Gasteiger partial charge < -0.3 is 24.1 Å². The molecule has 9 heteroatoms. The quantitative estimate of drug-likeness (QED) is 0.552. The molecule has 1 amide bonds. The van der Waals surface area contributed by atoms with Gasteiger partial charge in [0.25, 0.3) is 0 Å². The first-order chi connectivity index (χ1) is 15.0. The Morgan fingerprint density at radius 2 is 1.48 bits per heavy atom. The first kappa shape index (κ1) is 21.7. The zero-order valence-corrected chi connectivity index (χ0v) is 17.5. The second-order valence-electron chi connectivity index (χ2n) is 6.59. The maximum absolute atomic E-state index is 12.5. The van der Waals surface area contributed by atoms with Crippen molar-refractivity contribution in [2.75, 3.05) is 26.6 Å². The molecule has 0 bridgehead atoms. The van der Waals surface area contributed by atoms with Gasteiger partial charge in [-0.15, -0.1) is 0 Å². The minimum absolute atomic E-state index is 0.177. The van der Waals surface area contributed by atoms with E-state index in [0.29, 0.717) is 22.9 Å². The number of methoxy groups -OCH3 is 3. The van der Waals surface area contributed by atoms with Crippen molar-refractivity contribution in [3.05, 3.63) is 81.1 Å². The van der Waals surface area contributed by atoms with Crippen molar-refractivity contribution in [1.29, 1.82) is 0 Å². The molecule has 0 aliphatic carbocycles. The maximum atomic E-state index is 12.5. The van der Waals surface area contributed by atoms with Crippen LogP contribution >= 0.6 is 0 Å². The van der Waals surface area contributed by atoms with Crippen molar-refractivity contribution in [2.45, 2.75) is 13.1 Å². The zero-order chi connectivity index (χ0) is 22.4. The molecule has 2 aromatic carbocycles. The van der Waals surface area contributed by atoms with Gasteiger partial charge in [0.1, 0.15) is 12.3 Å². The molecular weight excluding hydrogens is 402 g/mol. The van der Waals surface area contributed by atoms with E-state index in [1.165, 1.54) is 38.3 Å². The molecule has 1 aromatic heterocycles. The molecule has 0 unspecified atom stereocenters. The Morgan fingerprint density at radius 3 is 2.19 bits per heavy atom. The fraction of sp³-hybridized carbons (Fsp3) is 0.227. The van der Waals surface area contributed by atoms with Gasteiger partial charge >= 0.3 is 11.1 Å². The molecule has 0 aliphatic rings. The van der Waals surface area contributed by atoms with Crippen molar-refractivity contribution in [2.24, 2.45) is 0 Å². The number of ether oxygens (including phenoxy) is 3. The summed E-state index contributed by atoms with van der Waals surface area (Å²) in [4.78, 5) is 37.4. The molecule has 0 aliphatic heterocycles. The van der Waals surface area contributed by atoms with Crippen molar-refractivity contribution in [3.63, 3.8) is 0 Å². The highest BCUT2D eigenvalue weighted by Gasteiger charge is 2.12. The molecule has 0 saturated heterocycles. The lowest BCUT2D eigenvalue weighted by atomic mass is 10.2. The van der Waals surface area contributed by atoms with Crippen molar-refractivity contribution < 1.29 is 19.0 Å². The number of carbonyl (C=O) groups excluding carboxylic acids is 1. The minimum atomic E-state index is -0.792. The number of anilines is 1. The number of aromatic nitrogens is 2. The summed E-state index contributed by atoms with van der Waals surface area (Å²) in [6, 6.07) is 12.1. The summed E-state index contributed by atoms with van der Waals surface area (Å²) >= 11 is 0. The molecule has 9 nitrogen and oxygen atoms in total. The van der Waals surface area contributed by atoms with Crippen LogP contribution in [-0.2, 0) is 17.9 Å². The van der Waals surface area contributed by atoms with Gasteiger partial charge in [0.2, 0.25) is 5.91 Å². The third-order valence-corrected chi connectivity index (χ3v) is 4.65. The Labute approximate surface area is 178 Å². The van der Waals surface area contributed by atoms with Crippen LogP contribution in [0.3, 0.4) is 0 Å². The Kier molecular flexibility index (Phi) is 6.76. The smallest absolute Gasteiger partial charge is 0.316 e. The van der Waals surface area contributed by atoms with Crippen LogP contribution in [0.15, 0.2) is 64.4 Å². The van der Waals surface area contributed by atoms with Gasteiger partial charge in [0.05, 0.1) is 27.9 Å². The summed E-state index contributed by atoms with van der Waals surface area (Å²) < 4.78 is 18.0. The van der Waals surface area contributed by atoms with Crippen LogP contribution in [0.2, 0.25) is 0 Å². The fourth-order valence-corrected chi connectivity index (χ4v) is 3.08. The van der Waals surface area contributed by atoms with E-state index in [-0.39, 0.29) is 13.1 Å². The van der Waals surface area contributed by atoms with E-state index in [9.17, 15) is 14.4 Å². The van der Waals surface area contributed by atoms with E-state index in [1.807, 2.05) is 18.2 Å². The van der Waals surface area contributed by atoms with Crippen molar-refractivity contribution in [1.82, 2.24) is 9.13 Å². The van der Waals surface area contributed by atoms with E-state index in [1.54, 1.807) is 24.3 Å². The van der Waals surface area contributed by atoms with Crippen LogP contribution in [-0.4, -0.2) is 36.4 Å². The van der Waals surface area contributed by atoms with Gasteiger partial charge in [-0.3, -0.25) is 19.0 Å². The number of rotatable bonds is 8. The number of amides is 1. The predicted molar refractivity (Wildman–Crippen MR) is 115 cm³/mol. The first-order valence-corrected chi connectivity index (χ1v) is 9.40. The average Bonchev–Trinajstić information content (AvgIpc) is 2.79. The largest absolute Gasteiger partial charge is 0.496 e. The molecule has 31 heavy (non-hydrogen) atoms. The van der Waals surface area contributed by atoms with Gasteiger partial charge in [0.15, 0.2) is 11.5 Å². The van der Waals surface area contributed by atoms with E-state index < -0.39 is 17.0 Å². The second kappa shape index (κ2) is 9.66. The number of hydrogen-bond donors (Lipinski definition) is 1. The molecule has 1 N–H and O–H groups in total. The number of nitrogens with zero attached hydrogens (tertiary/aromatic N) is 2. The highest BCUT2D eigenvalue weighted by Crippen LogP contribution is 2.29. The van der Waals surface area contributed by atoms with E-state index in [0.717, 1.165) is 10.1 Å². The zero-order valence-electron chi connectivity index (χ0n) is 17.5. The normalized spacial score (nSPS) is 10.4. The number of benzene rings is 2. The summed E-state index contributed by atoms with van der Waals surface area (Å²) in [5.41, 5.74) is -0.289. The van der Waals surface area contributed by atoms with Crippen LogP contribution in [0, 0.1) is 0 Å². The van der Waals surface area contributed by atoms with Crippen molar-refractivity contribution >= 4 is 11.6 Å². The van der Waals surface area contributed by atoms with Crippen LogP contribution < -0.4 is 30.6 Å². The number of para-hydroxylation sites is 1. The van der Waals surface area contributed by atoms with E-state index in [2.05, 4.69) is 5.32 Å². The highest BCUT2D eigenvalue weighted by atomic mass is 16.5. The van der Waals surface area contributed by atoms with Crippen LogP contribution in [0.4, 0.5) is 5.69 Å². The third-order valence-electron chi connectivity index (χ3n) is 4.65. The summed E-state index contributed by atoms with van der Waals surface area (Å²) in [7, 11) is 4.54. The average molecular weight is 425 g/mol. The highest BCUT2D eigenvalue weighted by molar-refractivity contribution is 5.90. The lowest BCUT2D eigenvalue weighted by Gasteiger charge is -2.12. The lowest BCUT2D eigenvalue weighted by Crippen LogP contribution is -2.42. The standard InChI is InChI=1S/C22H23N3O6/c1-29-17-7-5-4-6-15(17)13-24-10-11-25(22(28)21(24)27)14-20(26)23-16-8-9-18(30-2)19(12-16)31-3/h4-12H,13-14H2,1-3H3,(H,23,26). The molecule has 0 fully saturated rings. The van der Waals surface area contributed by atoms with Gasteiger partial charge in [-0.2, -0.15) is 0 Å². The van der Waals surface area contributed by atoms with Gasteiger partial charge in [-0.25, -0.2) is 0 Å². The van der Waals surface area contributed by atoms with E-state index in [4.69, 9.17) is 14.2 Å². The fourth-order valence-electron chi connectivity index (χ4n) is 3.08. The lowest BCUT2D eigenvalue weighted by molar-refractivity contribution is -0.116. The van der Waals surface area contributed by atoms with Crippen molar-refractivity contribution in [3.8, 4) is 17.2 Å². The summed E-state index contributed by atoms with van der Waals surface area (Å²) in [6.45, 7) is -0.130. The Morgan fingerprint density at radius 1 is 0.839 bits per heavy atom. The Bertz CT molecular complexity index is 1200. The summed E-state index contributed by atoms with van der Waals surface area (Å²) in [5.74, 6) is 1.14. The monoisotopic (exact) mass is 425 g/mol. The molecule has 1 heterocycles. The molecule has 0 spiro atoms. The maximum Gasteiger partial charge on any atom is 0.316 e. The second-order valence-corrected chi connectivity index (χ2v) is 6.59. The molecule has 0 atom stereocenters. The van der Waals surface area contributed by atoms with Gasteiger partial charge in [0, 0.05) is 29.7 Å². The third kappa shape index (κ3) is 4.95. The molecule has 3 rings (SSSR count).